The van der Waals surface area contributed by atoms with Gasteiger partial charge in [0, 0.05) is 31.4 Å². The van der Waals surface area contributed by atoms with Crippen molar-refractivity contribution in [3.05, 3.63) is 53.3 Å². The number of aryl methyl sites for hydroxylation is 2. The molecule has 146 valence electrons. The predicted molar refractivity (Wildman–Crippen MR) is 108 cm³/mol. The number of carbonyl (C=O) groups is 1. The van der Waals surface area contributed by atoms with E-state index in [0.29, 0.717) is 12.6 Å². The molecule has 1 saturated heterocycles. The summed E-state index contributed by atoms with van der Waals surface area (Å²) >= 11 is 0. The molecule has 1 aliphatic heterocycles. The molecule has 1 unspecified atom stereocenters. The Labute approximate surface area is 163 Å². The monoisotopic (exact) mass is 368 g/mol. The van der Waals surface area contributed by atoms with Gasteiger partial charge >= 0.3 is 0 Å². The Balaban J connectivity index is 1.49. The summed E-state index contributed by atoms with van der Waals surface area (Å²) in [6.07, 6.45) is 2.09. The van der Waals surface area contributed by atoms with Gasteiger partial charge in [-0.15, -0.1) is 0 Å². The van der Waals surface area contributed by atoms with Gasteiger partial charge in [-0.1, -0.05) is 37.3 Å². The largest absolute Gasteiger partial charge is 0.342 e. The topological polar surface area (TPSA) is 41.4 Å². The fourth-order valence-corrected chi connectivity index (χ4v) is 4.04. The summed E-state index contributed by atoms with van der Waals surface area (Å²) in [4.78, 5) is 17.3. The quantitative estimate of drug-likeness (QED) is 0.786. The molecule has 0 bridgehead atoms. The Morgan fingerprint density at radius 3 is 2.48 bits per heavy atom. The number of amides is 1. The number of aromatic nitrogens is 2. The predicted octanol–water partition coefficient (Wildman–Crippen LogP) is 3.26. The van der Waals surface area contributed by atoms with E-state index in [2.05, 4.69) is 53.4 Å². The molecule has 3 rings (SSSR count). The van der Waals surface area contributed by atoms with E-state index in [4.69, 9.17) is 0 Å². The van der Waals surface area contributed by atoms with E-state index in [-0.39, 0.29) is 11.8 Å². The van der Waals surface area contributed by atoms with Crippen LogP contribution in [0.25, 0.3) is 0 Å². The zero-order valence-electron chi connectivity index (χ0n) is 17.1. The van der Waals surface area contributed by atoms with Crippen LogP contribution in [0.1, 0.15) is 36.7 Å². The summed E-state index contributed by atoms with van der Waals surface area (Å²) in [6.45, 7) is 9.39. The molecule has 1 amide bonds. The highest BCUT2D eigenvalue weighted by Gasteiger charge is 2.28. The molecule has 0 aliphatic carbocycles. The van der Waals surface area contributed by atoms with Crippen molar-refractivity contribution in [1.82, 2.24) is 19.6 Å². The number of benzene rings is 1. The van der Waals surface area contributed by atoms with Gasteiger partial charge in [-0.25, -0.2) is 0 Å². The number of piperidine rings is 1. The van der Waals surface area contributed by atoms with E-state index < -0.39 is 0 Å². The SMILES string of the molecule is Cc1cc(C)n(CC(C)C(=O)N2CCC(N(C)Cc3ccccc3)CC2)n1. The fraction of sp³-hybridized carbons (Fsp3) is 0.545. The number of hydrogen-bond acceptors (Lipinski definition) is 3. The van der Waals surface area contributed by atoms with Crippen LogP contribution in [0.2, 0.25) is 0 Å². The Morgan fingerprint density at radius 2 is 1.89 bits per heavy atom. The number of carbonyl (C=O) groups excluding carboxylic acids is 1. The van der Waals surface area contributed by atoms with Crippen LogP contribution in [0.3, 0.4) is 0 Å². The first kappa shape index (κ1) is 19.6. The molecule has 1 fully saturated rings. The molecule has 2 aromatic rings. The maximum Gasteiger partial charge on any atom is 0.227 e. The van der Waals surface area contributed by atoms with Crippen molar-refractivity contribution < 1.29 is 4.79 Å². The molecule has 0 N–H and O–H groups in total. The molecule has 0 saturated carbocycles. The van der Waals surface area contributed by atoms with Gasteiger partial charge in [-0.05, 0) is 45.4 Å². The molecule has 27 heavy (non-hydrogen) atoms. The second kappa shape index (κ2) is 8.70. The Kier molecular flexibility index (Phi) is 6.32. The third-order valence-corrected chi connectivity index (χ3v) is 5.65. The van der Waals surface area contributed by atoms with Crippen molar-refractivity contribution in [3.63, 3.8) is 0 Å². The smallest absolute Gasteiger partial charge is 0.227 e. The first-order chi connectivity index (χ1) is 12.9. The number of likely N-dealkylation sites (tertiary alicyclic amines) is 1. The summed E-state index contributed by atoms with van der Waals surface area (Å²) in [5, 5.41) is 4.49. The highest BCUT2D eigenvalue weighted by Crippen LogP contribution is 2.20. The van der Waals surface area contributed by atoms with E-state index in [1.54, 1.807) is 0 Å². The van der Waals surface area contributed by atoms with Gasteiger partial charge < -0.3 is 4.90 Å². The van der Waals surface area contributed by atoms with Crippen molar-refractivity contribution in [2.75, 3.05) is 20.1 Å². The average molecular weight is 369 g/mol. The lowest BCUT2D eigenvalue weighted by Gasteiger charge is -2.37. The maximum absolute atomic E-state index is 12.9. The lowest BCUT2D eigenvalue weighted by atomic mass is 10.0. The Morgan fingerprint density at radius 1 is 1.22 bits per heavy atom. The molecule has 0 radical (unpaired) electrons. The van der Waals surface area contributed by atoms with Crippen LogP contribution in [0.5, 0.6) is 0 Å². The molecule has 1 aromatic carbocycles. The first-order valence-corrected chi connectivity index (χ1v) is 9.98. The van der Waals surface area contributed by atoms with E-state index in [1.165, 1.54) is 5.56 Å². The molecule has 1 atom stereocenters. The second-order valence-corrected chi connectivity index (χ2v) is 7.97. The lowest BCUT2D eigenvalue weighted by Crippen LogP contribution is -2.47. The average Bonchev–Trinajstić information content (AvgIpc) is 2.99. The Hall–Kier alpha value is -2.14. The summed E-state index contributed by atoms with van der Waals surface area (Å²) < 4.78 is 1.96. The normalized spacial score (nSPS) is 16.7. The minimum Gasteiger partial charge on any atom is -0.342 e. The maximum atomic E-state index is 12.9. The van der Waals surface area contributed by atoms with Gasteiger partial charge in [-0.2, -0.15) is 5.10 Å². The van der Waals surface area contributed by atoms with Gasteiger partial charge in [0.25, 0.3) is 0 Å². The van der Waals surface area contributed by atoms with E-state index in [1.807, 2.05) is 30.4 Å². The van der Waals surface area contributed by atoms with Crippen molar-refractivity contribution >= 4 is 5.91 Å². The van der Waals surface area contributed by atoms with Crippen molar-refractivity contribution in [2.24, 2.45) is 5.92 Å². The van der Waals surface area contributed by atoms with E-state index in [9.17, 15) is 4.79 Å². The highest BCUT2D eigenvalue weighted by molar-refractivity contribution is 5.78. The number of hydrogen-bond donors (Lipinski definition) is 0. The highest BCUT2D eigenvalue weighted by atomic mass is 16.2. The van der Waals surface area contributed by atoms with E-state index in [0.717, 1.165) is 43.9 Å². The number of nitrogens with zero attached hydrogens (tertiary/aromatic N) is 4. The zero-order chi connectivity index (χ0) is 19.4. The third kappa shape index (κ3) is 4.98. The minimum atomic E-state index is -0.0402. The first-order valence-electron chi connectivity index (χ1n) is 9.98. The fourth-order valence-electron chi connectivity index (χ4n) is 4.04. The van der Waals surface area contributed by atoms with Crippen LogP contribution in [0.15, 0.2) is 36.4 Å². The van der Waals surface area contributed by atoms with Gasteiger partial charge in [0.2, 0.25) is 5.91 Å². The van der Waals surface area contributed by atoms with Crippen LogP contribution in [0.4, 0.5) is 0 Å². The lowest BCUT2D eigenvalue weighted by molar-refractivity contribution is -0.137. The second-order valence-electron chi connectivity index (χ2n) is 7.97. The van der Waals surface area contributed by atoms with Crippen LogP contribution >= 0.6 is 0 Å². The van der Waals surface area contributed by atoms with Crippen LogP contribution in [-0.4, -0.2) is 51.7 Å². The molecule has 5 heteroatoms. The molecule has 5 nitrogen and oxygen atoms in total. The molecular formula is C22H32N4O. The van der Waals surface area contributed by atoms with Crippen LogP contribution in [0, 0.1) is 19.8 Å². The minimum absolute atomic E-state index is 0.0402. The third-order valence-electron chi connectivity index (χ3n) is 5.65. The summed E-state index contributed by atoms with van der Waals surface area (Å²) in [5.41, 5.74) is 3.47. The molecule has 0 spiro atoms. The van der Waals surface area contributed by atoms with Crippen molar-refractivity contribution in [3.8, 4) is 0 Å². The van der Waals surface area contributed by atoms with E-state index >= 15 is 0 Å². The zero-order valence-corrected chi connectivity index (χ0v) is 17.1. The van der Waals surface area contributed by atoms with Crippen LogP contribution in [-0.2, 0) is 17.9 Å². The van der Waals surface area contributed by atoms with Gasteiger partial charge in [-0.3, -0.25) is 14.4 Å². The van der Waals surface area contributed by atoms with Crippen molar-refractivity contribution in [2.45, 2.75) is 52.7 Å². The standard InChI is InChI=1S/C22H32N4O/c1-17(15-26-19(3)14-18(2)23-26)22(27)25-12-10-21(11-13-25)24(4)16-20-8-6-5-7-9-20/h5-9,14,17,21H,10-13,15-16H2,1-4H3. The number of rotatable bonds is 6. The summed E-state index contributed by atoms with van der Waals surface area (Å²) in [7, 11) is 2.20. The van der Waals surface area contributed by atoms with Gasteiger partial charge in [0.15, 0.2) is 0 Å². The van der Waals surface area contributed by atoms with Gasteiger partial charge in [0.05, 0.1) is 18.2 Å². The molecule has 2 heterocycles. The van der Waals surface area contributed by atoms with Gasteiger partial charge in [0.1, 0.15) is 0 Å². The Bertz CT molecular complexity index is 747. The summed E-state index contributed by atoms with van der Waals surface area (Å²) in [5.74, 6) is 0.216. The van der Waals surface area contributed by atoms with Crippen LogP contribution < -0.4 is 0 Å². The van der Waals surface area contributed by atoms with Crippen molar-refractivity contribution in [1.29, 1.82) is 0 Å². The molecule has 1 aliphatic rings. The molecular weight excluding hydrogens is 336 g/mol. The molecule has 1 aromatic heterocycles. The summed E-state index contributed by atoms with van der Waals surface area (Å²) in [6, 6.07) is 13.2.